The largest absolute Gasteiger partial charge is 0.385 e. The molecule has 0 spiro atoms. The maximum Gasteiger partial charge on any atom is 0.210 e. The number of ether oxygens (including phenoxy) is 1. The molecule has 36 heavy (non-hydrogen) atoms. The Morgan fingerprint density at radius 3 is 2.67 bits per heavy atom. The summed E-state index contributed by atoms with van der Waals surface area (Å²) in [6, 6.07) is 10.3. The molecule has 3 rings (SSSR count). The van der Waals surface area contributed by atoms with Gasteiger partial charge in [0.15, 0.2) is 0 Å². The maximum absolute atomic E-state index is 12.1. The highest BCUT2D eigenvalue weighted by atomic mass is 16.5. The third kappa shape index (κ3) is 8.19. The fourth-order valence-corrected chi connectivity index (χ4v) is 6.20. The van der Waals surface area contributed by atoms with E-state index in [9.17, 15) is 10.4 Å². The zero-order valence-electron chi connectivity index (χ0n) is 22.4. The summed E-state index contributed by atoms with van der Waals surface area (Å²) < 4.78 is 5.24. The van der Waals surface area contributed by atoms with E-state index >= 15 is 0 Å². The Balaban J connectivity index is 1.74. The average molecular weight is 498 g/mol. The molecule has 7 heteroatoms. The molecular weight excluding hydrogens is 450 g/mol. The molecule has 1 aromatic carbocycles. The Morgan fingerprint density at radius 2 is 1.97 bits per heavy atom. The predicted molar refractivity (Wildman–Crippen MR) is 145 cm³/mol. The number of methoxy groups -OCH3 is 1. The number of likely N-dealkylation sites (tertiary alicyclic amines) is 1. The summed E-state index contributed by atoms with van der Waals surface area (Å²) in [7, 11) is 3.71. The number of piperidine rings is 1. The smallest absolute Gasteiger partial charge is 0.210 e. The van der Waals surface area contributed by atoms with Crippen molar-refractivity contribution in [2.24, 2.45) is 16.8 Å². The van der Waals surface area contributed by atoms with Crippen molar-refractivity contribution in [3.05, 3.63) is 35.9 Å². The van der Waals surface area contributed by atoms with Crippen LogP contribution in [0.5, 0.6) is 0 Å². The zero-order valence-corrected chi connectivity index (χ0v) is 22.4. The second-order valence-electron chi connectivity index (χ2n) is 10.7. The van der Waals surface area contributed by atoms with E-state index < -0.39 is 5.60 Å². The van der Waals surface area contributed by atoms with Gasteiger partial charge in [0.2, 0.25) is 12.2 Å². The topological polar surface area (TPSA) is 92.9 Å². The standard InChI is InChI=1S/C29H47N5O2/c1-31-21-27(20-24-12-5-3-6-13-24)33-28(32-23-30)34-18-11-16-26(22-34)29(35,17-9-10-19-36-2)25-14-7-4-8-15-25/h4,7-8,14-15,24,26-27,31,35H,3,5-6,9-13,16-22H2,1-2H3,(H,32,33)/t26-,27?,29-/m1/s1. The van der Waals surface area contributed by atoms with Crippen LogP contribution >= 0.6 is 0 Å². The van der Waals surface area contributed by atoms with Gasteiger partial charge < -0.3 is 25.4 Å². The van der Waals surface area contributed by atoms with Crippen molar-refractivity contribution < 1.29 is 9.84 Å². The Hall–Kier alpha value is -2.14. The lowest BCUT2D eigenvalue weighted by Crippen LogP contribution is -2.54. The number of hydrogen-bond donors (Lipinski definition) is 3. The molecule has 1 saturated heterocycles. The van der Waals surface area contributed by atoms with Crippen LogP contribution in [0.1, 0.15) is 76.2 Å². The second kappa shape index (κ2) is 15.2. The molecule has 1 unspecified atom stereocenters. The maximum atomic E-state index is 12.1. The highest BCUT2D eigenvalue weighted by Crippen LogP contribution is 2.39. The van der Waals surface area contributed by atoms with Crippen LogP contribution in [0, 0.1) is 23.3 Å². The van der Waals surface area contributed by atoms with Crippen molar-refractivity contribution >= 4 is 5.96 Å². The molecule has 3 atom stereocenters. The molecular formula is C29H47N5O2. The van der Waals surface area contributed by atoms with E-state index in [4.69, 9.17) is 4.74 Å². The van der Waals surface area contributed by atoms with Crippen LogP contribution in [0.3, 0.4) is 0 Å². The minimum atomic E-state index is -0.919. The fraction of sp³-hybridized carbons (Fsp3) is 0.724. The summed E-state index contributed by atoms with van der Waals surface area (Å²) in [6.45, 7) is 3.07. The molecule has 1 saturated carbocycles. The van der Waals surface area contributed by atoms with Crippen molar-refractivity contribution in [2.75, 3.05) is 40.4 Å². The van der Waals surface area contributed by atoms with Gasteiger partial charge in [0, 0.05) is 45.3 Å². The van der Waals surface area contributed by atoms with Gasteiger partial charge in [-0.25, -0.2) is 0 Å². The summed E-state index contributed by atoms with van der Waals surface area (Å²) in [5, 5.41) is 28.6. The molecule has 1 heterocycles. The molecule has 200 valence electrons. The first-order valence-electron chi connectivity index (χ1n) is 14.0. The summed E-state index contributed by atoms with van der Waals surface area (Å²) in [4.78, 5) is 6.45. The first kappa shape index (κ1) is 28.4. The SMILES string of the molecule is CNCC(CC1CCCCC1)NC(=NC#N)N1CCC[C@@H]([C@@](O)(CCCCOC)c2ccccc2)C1. The molecule has 7 nitrogen and oxygen atoms in total. The Morgan fingerprint density at radius 1 is 1.19 bits per heavy atom. The highest BCUT2D eigenvalue weighted by molar-refractivity contribution is 5.81. The number of likely N-dealkylation sites (N-methyl/N-ethyl adjacent to an activating group) is 1. The number of benzene rings is 1. The third-order valence-corrected chi connectivity index (χ3v) is 8.11. The van der Waals surface area contributed by atoms with Gasteiger partial charge in [-0.05, 0) is 57.1 Å². The number of rotatable bonds is 12. The van der Waals surface area contributed by atoms with Gasteiger partial charge in [-0.1, -0.05) is 62.4 Å². The van der Waals surface area contributed by atoms with E-state index in [-0.39, 0.29) is 12.0 Å². The number of aliphatic imine (C=N–C) groups is 1. The Bertz CT molecular complexity index is 821. The van der Waals surface area contributed by atoms with Crippen molar-refractivity contribution in [1.29, 1.82) is 5.26 Å². The summed E-state index contributed by atoms with van der Waals surface area (Å²) >= 11 is 0. The van der Waals surface area contributed by atoms with Gasteiger partial charge in [-0.15, -0.1) is 4.99 Å². The molecule has 2 aliphatic rings. The molecule has 1 aliphatic carbocycles. The van der Waals surface area contributed by atoms with Crippen LogP contribution in [-0.4, -0.2) is 62.4 Å². The number of nitrogens with zero attached hydrogens (tertiary/aromatic N) is 3. The summed E-state index contributed by atoms with van der Waals surface area (Å²) in [5.41, 5.74) is 0.0594. The van der Waals surface area contributed by atoms with Gasteiger partial charge in [-0.3, -0.25) is 0 Å². The lowest BCUT2D eigenvalue weighted by molar-refractivity contribution is -0.0543. The van der Waals surface area contributed by atoms with Crippen LogP contribution in [0.2, 0.25) is 0 Å². The number of aliphatic hydroxyl groups is 1. The van der Waals surface area contributed by atoms with E-state index in [0.717, 1.165) is 56.7 Å². The molecule has 0 bridgehead atoms. The van der Waals surface area contributed by atoms with Crippen LogP contribution in [0.15, 0.2) is 35.3 Å². The van der Waals surface area contributed by atoms with Gasteiger partial charge in [0.1, 0.15) is 0 Å². The van der Waals surface area contributed by atoms with Crippen molar-refractivity contribution in [3.63, 3.8) is 0 Å². The number of hydrogen-bond acceptors (Lipinski definition) is 5. The molecule has 0 amide bonds. The van der Waals surface area contributed by atoms with E-state index in [1.165, 1.54) is 32.1 Å². The monoisotopic (exact) mass is 497 g/mol. The van der Waals surface area contributed by atoms with E-state index in [2.05, 4.69) is 20.5 Å². The first-order chi connectivity index (χ1) is 17.6. The quantitative estimate of drug-likeness (QED) is 0.172. The lowest BCUT2D eigenvalue weighted by atomic mass is 9.74. The van der Waals surface area contributed by atoms with Crippen molar-refractivity contribution in [1.82, 2.24) is 15.5 Å². The molecule has 2 fully saturated rings. The molecule has 0 aromatic heterocycles. The third-order valence-electron chi connectivity index (χ3n) is 8.11. The van der Waals surface area contributed by atoms with Crippen LogP contribution in [0.4, 0.5) is 0 Å². The number of guanidine groups is 1. The number of nitrogens with one attached hydrogen (secondary N) is 2. The van der Waals surface area contributed by atoms with Gasteiger partial charge in [0.05, 0.1) is 5.60 Å². The zero-order chi connectivity index (χ0) is 25.6. The first-order valence-corrected chi connectivity index (χ1v) is 14.0. The van der Waals surface area contributed by atoms with Crippen LogP contribution in [0.25, 0.3) is 0 Å². The predicted octanol–water partition coefficient (Wildman–Crippen LogP) is 4.39. The minimum absolute atomic E-state index is 0.0583. The molecule has 1 aromatic rings. The van der Waals surface area contributed by atoms with Crippen molar-refractivity contribution in [3.8, 4) is 6.19 Å². The normalized spacial score (nSPS) is 22.0. The van der Waals surface area contributed by atoms with E-state index in [1.54, 1.807) is 7.11 Å². The highest BCUT2D eigenvalue weighted by Gasteiger charge is 2.41. The van der Waals surface area contributed by atoms with Gasteiger partial charge >= 0.3 is 0 Å². The van der Waals surface area contributed by atoms with Crippen LogP contribution < -0.4 is 10.6 Å². The van der Waals surface area contributed by atoms with E-state index in [1.807, 2.05) is 43.6 Å². The molecule has 1 aliphatic heterocycles. The van der Waals surface area contributed by atoms with Crippen molar-refractivity contribution in [2.45, 2.75) is 82.3 Å². The number of nitriles is 1. The van der Waals surface area contributed by atoms with Gasteiger partial charge in [-0.2, -0.15) is 5.26 Å². The lowest BCUT2D eigenvalue weighted by Gasteiger charge is -2.44. The molecule has 3 N–H and O–H groups in total. The summed E-state index contributed by atoms with van der Waals surface area (Å²) in [5.74, 6) is 1.45. The number of unbranched alkanes of at least 4 members (excludes halogenated alkanes) is 1. The van der Waals surface area contributed by atoms with E-state index in [0.29, 0.717) is 25.5 Å². The minimum Gasteiger partial charge on any atom is -0.385 e. The molecule has 0 radical (unpaired) electrons. The van der Waals surface area contributed by atoms with Gasteiger partial charge in [0.25, 0.3) is 0 Å². The average Bonchev–Trinajstić information content (AvgIpc) is 2.92. The van der Waals surface area contributed by atoms with Crippen LogP contribution in [-0.2, 0) is 10.3 Å². The summed E-state index contributed by atoms with van der Waals surface area (Å²) in [6.07, 6.45) is 14.2. The Kier molecular flexibility index (Phi) is 12.0. The fourth-order valence-electron chi connectivity index (χ4n) is 6.20. The Labute approximate surface area is 218 Å². The second-order valence-corrected chi connectivity index (χ2v) is 10.7.